The van der Waals surface area contributed by atoms with Gasteiger partial charge in [0.05, 0.1) is 13.2 Å². The molecule has 1 rings (SSSR count). The summed E-state index contributed by atoms with van der Waals surface area (Å²) in [5, 5.41) is 13.2. The first-order valence-corrected chi connectivity index (χ1v) is 8.81. The molecule has 1 aromatic carbocycles. The van der Waals surface area contributed by atoms with E-state index in [1.165, 1.54) is 45.2 Å². The maximum Gasteiger partial charge on any atom is 0.405 e. The van der Waals surface area contributed by atoms with Crippen LogP contribution in [0.3, 0.4) is 0 Å². The second-order valence-electron chi connectivity index (χ2n) is 6.89. The monoisotopic (exact) mass is 441 g/mol. The SMILES string of the molecule is COc1ccc(C(N)C(=O)NC(C(C)C)C(O)C(F)(F)C(=O)NCC(F)(F)F)cc1. The Morgan fingerprint density at radius 1 is 1.13 bits per heavy atom. The van der Waals surface area contributed by atoms with Crippen molar-refractivity contribution in [2.24, 2.45) is 11.7 Å². The first kappa shape index (κ1) is 25.6. The van der Waals surface area contributed by atoms with Crippen molar-refractivity contribution in [1.82, 2.24) is 10.6 Å². The predicted molar refractivity (Wildman–Crippen MR) is 96.7 cm³/mol. The van der Waals surface area contributed by atoms with Crippen LogP contribution in [0, 0.1) is 5.92 Å². The number of halogens is 5. The Hall–Kier alpha value is -2.47. The van der Waals surface area contributed by atoms with E-state index in [-0.39, 0.29) is 0 Å². The van der Waals surface area contributed by atoms with Gasteiger partial charge in [-0.1, -0.05) is 26.0 Å². The van der Waals surface area contributed by atoms with Crippen LogP contribution >= 0.6 is 0 Å². The van der Waals surface area contributed by atoms with Gasteiger partial charge >= 0.3 is 12.1 Å². The quantitative estimate of drug-likeness (QED) is 0.434. The molecule has 0 saturated carbocycles. The number of amides is 2. The fourth-order valence-corrected chi connectivity index (χ4v) is 2.49. The first-order chi connectivity index (χ1) is 13.7. The van der Waals surface area contributed by atoms with E-state index >= 15 is 0 Å². The smallest absolute Gasteiger partial charge is 0.405 e. The third-order valence-electron chi connectivity index (χ3n) is 4.25. The third kappa shape index (κ3) is 6.80. The summed E-state index contributed by atoms with van der Waals surface area (Å²) >= 11 is 0. The molecule has 2 amide bonds. The number of benzene rings is 1. The van der Waals surface area contributed by atoms with Crippen LogP contribution in [-0.2, 0) is 9.59 Å². The number of ether oxygens (including phenoxy) is 1. The largest absolute Gasteiger partial charge is 0.497 e. The van der Waals surface area contributed by atoms with Crippen molar-refractivity contribution in [2.75, 3.05) is 13.7 Å². The average molecular weight is 441 g/mol. The lowest BCUT2D eigenvalue weighted by molar-refractivity contribution is -0.174. The summed E-state index contributed by atoms with van der Waals surface area (Å²) in [6, 6.07) is 3.03. The summed E-state index contributed by atoms with van der Waals surface area (Å²) < 4.78 is 69.9. The Morgan fingerprint density at radius 3 is 2.10 bits per heavy atom. The summed E-state index contributed by atoms with van der Waals surface area (Å²) in [5.74, 6) is -8.16. The lowest BCUT2D eigenvalue weighted by Gasteiger charge is -2.32. The van der Waals surface area contributed by atoms with Crippen LogP contribution < -0.4 is 21.1 Å². The van der Waals surface area contributed by atoms with Crippen LogP contribution in [0.25, 0.3) is 0 Å². The van der Waals surface area contributed by atoms with Crippen LogP contribution in [0.15, 0.2) is 24.3 Å². The van der Waals surface area contributed by atoms with E-state index in [1.807, 2.05) is 0 Å². The van der Waals surface area contributed by atoms with E-state index in [4.69, 9.17) is 10.5 Å². The summed E-state index contributed by atoms with van der Waals surface area (Å²) in [5.41, 5.74) is 6.14. The molecule has 0 spiro atoms. The molecule has 0 aliphatic heterocycles. The molecule has 1 aromatic rings. The minimum absolute atomic E-state index is 0.319. The standard InChI is InChI=1S/C18H24F5N3O4/c1-9(2)13(14(27)18(22,23)16(29)25-8-17(19,20)21)26-15(28)12(24)10-4-6-11(30-3)7-5-10/h4-7,9,12-14,27H,8,24H2,1-3H3,(H,25,29)(H,26,28). The van der Waals surface area contributed by atoms with E-state index in [0.717, 1.165) is 5.32 Å². The summed E-state index contributed by atoms with van der Waals surface area (Å²) in [6.45, 7) is 0.753. The number of aliphatic hydroxyl groups is 1. The van der Waals surface area contributed by atoms with Gasteiger partial charge in [-0.25, -0.2) is 0 Å². The van der Waals surface area contributed by atoms with Gasteiger partial charge in [-0.15, -0.1) is 0 Å². The van der Waals surface area contributed by atoms with Crippen molar-refractivity contribution in [1.29, 1.82) is 0 Å². The molecule has 0 saturated heterocycles. The lowest BCUT2D eigenvalue weighted by atomic mass is 9.93. The first-order valence-electron chi connectivity index (χ1n) is 8.81. The fourth-order valence-electron chi connectivity index (χ4n) is 2.49. The summed E-state index contributed by atoms with van der Waals surface area (Å²) in [4.78, 5) is 23.9. The molecule has 3 atom stereocenters. The highest BCUT2D eigenvalue weighted by atomic mass is 19.4. The van der Waals surface area contributed by atoms with E-state index in [2.05, 4.69) is 5.32 Å². The Labute approximate surface area is 169 Å². The zero-order valence-corrected chi connectivity index (χ0v) is 16.5. The minimum Gasteiger partial charge on any atom is -0.497 e. The summed E-state index contributed by atoms with van der Waals surface area (Å²) in [7, 11) is 1.43. The van der Waals surface area contributed by atoms with Gasteiger partial charge in [0.2, 0.25) is 5.91 Å². The Kier molecular flexibility index (Phi) is 8.54. The highest BCUT2D eigenvalue weighted by Crippen LogP contribution is 2.26. The number of carbonyl (C=O) groups excluding carboxylic acids is 2. The maximum absolute atomic E-state index is 14.2. The van der Waals surface area contributed by atoms with Crippen molar-refractivity contribution < 1.29 is 41.4 Å². The van der Waals surface area contributed by atoms with Crippen molar-refractivity contribution >= 4 is 11.8 Å². The molecule has 7 nitrogen and oxygen atoms in total. The average Bonchev–Trinajstić information content (AvgIpc) is 2.67. The van der Waals surface area contributed by atoms with E-state index in [1.54, 1.807) is 0 Å². The third-order valence-corrected chi connectivity index (χ3v) is 4.25. The normalized spacial score (nSPS) is 15.3. The topological polar surface area (TPSA) is 114 Å². The van der Waals surface area contributed by atoms with Crippen LogP contribution in [0.4, 0.5) is 22.0 Å². The van der Waals surface area contributed by atoms with Crippen molar-refractivity contribution in [3.63, 3.8) is 0 Å². The van der Waals surface area contributed by atoms with Gasteiger partial charge in [0.15, 0.2) is 0 Å². The number of alkyl halides is 5. The molecule has 0 aromatic heterocycles. The van der Waals surface area contributed by atoms with Gasteiger partial charge in [0.25, 0.3) is 5.91 Å². The van der Waals surface area contributed by atoms with Crippen molar-refractivity contribution in [3.8, 4) is 5.75 Å². The maximum atomic E-state index is 14.2. The molecule has 0 bridgehead atoms. The zero-order chi connectivity index (χ0) is 23.3. The van der Waals surface area contributed by atoms with Crippen LogP contribution in [0.5, 0.6) is 5.75 Å². The van der Waals surface area contributed by atoms with Gasteiger partial charge in [-0.05, 0) is 23.6 Å². The van der Waals surface area contributed by atoms with Crippen molar-refractivity contribution in [3.05, 3.63) is 29.8 Å². The molecule has 30 heavy (non-hydrogen) atoms. The number of rotatable bonds is 9. The van der Waals surface area contributed by atoms with Gasteiger partial charge in [0, 0.05) is 0 Å². The molecular formula is C18H24F5N3O4. The molecule has 12 heteroatoms. The Balaban J connectivity index is 2.93. The number of methoxy groups -OCH3 is 1. The number of nitrogens with two attached hydrogens (primary N) is 1. The highest BCUT2D eigenvalue weighted by molar-refractivity contribution is 5.85. The number of hydrogen-bond acceptors (Lipinski definition) is 5. The molecular weight excluding hydrogens is 417 g/mol. The second kappa shape index (κ2) is 10.0. The van der Waals surface area contributed by atoms with E-state index < -0.39 is 54.6 Å². The Bertz CT molecular complexity index is 726. The van der Waals surface area contributed by atoms with Gasteiger partial charge in [-0.2, -0.15) is 22.0 Å². The fraction of sp³-hybridized carbons (Fsp3) is 0.556. The van der Waals surface area contributed by atoms with Crippen LogP contribution in [-0.4, -0.2) is 54.8 Å². The number of hydrogen-bond donors (Lipinski definition) is 4. The Morgan fingerprint density at radius 2 is 1.67 bits per heavy atom. The van der Waals surface area contributed by atoms with E-state index in [9.17, 15) is 36.6 Å². The predicted octanol–water partition coefficient (Wildman–Crippen LogP) is 1.51. The molecule has 0 aliphatic rings. The minimum atomic E-state index is -4.91. The molecule has 0 radical (unpaired) electrons. The molecule has 5 N–H and O–H groups in total. The highest BCUT2D eigenvalue weighted by Gasteiger charge is 2.51. The van der Waals surface area contributed by atoms with Gasteiger partial charge in [-0.3, -0.25) is 9.59 Å². The van der Waals surface area contributed by atoms with Crippen molar-refractivity contribution in [2.45, 2.75) is 44.1 Å². The van der Waals surface area contributed by atoms with Gasteiger partial charge < -0.3 is 26.2 Å². The molecule has 170 valence electrons. The second-order valence-corrected chi connectivity index (χ2v) is 6.89. The molecule has 0 fully saturated rings. The molecule has 0 aliphatic carbocycles. The van der Waals surface area contributed by atoms with Crippen LogP contribution in [0.1, 0.15) is 25.5 Å². The molecule has 0 heterocycles. The zero-order valence-electron chi connectivity index (χ0n) is 16.5. The number of carbonyl (C=O) groups is 2. The van der Waals surface area contributed by atoms with E-state index in [0.29, 0.717) is 11.3 Å². The van der Waals surface area contributed by atoms with Gasteiger partial charge in [0.1, 0.15) is 24.4 Å². The number of nitrogens with one attached hydrogen (secondary N) is 2. The lowest BCUT2D eigenvalue weighted by Crippen LogP contribution is -2.60. The summed E-state index contributed by atoms with van der Waals surface area (Å²) in [6.07, 6.45) is -7.70. The van der Waals surface area contributed by atoms with Crippen LogP contribution in [0.2, 0.25) is 0 Å². The number of aliphatic hydroxyl groups excluding tert-OH is 1. The molecule has 3 unspecified atom stereocenters.